The van der Waals surface area contributed by atoms with Crippen LogP contribution in [0.3, 0.4) is 0 Å². The lowest BCUT2D eigenvalue weighted by Crippen LogP contribution is -2.44. The molecule has 0 spiro atoms. The molecule has 0 aromatic heterocycles. The standard InChI is InChI=1S/C20H36O2/c1-4-7-9-10-12-17-16-14-13-15(11-8-5-2)18(16)19(21)20(17,22)6-3/h15,18-19,21-22H,4-14H2,1-3H3/t15-,18+,19+,20-/m1/s1. The largest absolute Gasteiger partial charge is 0.389 e. The zero-order valence-corrected chi connectivity index (χ0v) is 14.9. The predicted molar refractivity (Wildman–Crippen MR) is 92.8 cm³/mol. The van der Waals surface area contributed by atoms with Crippen LogP contribution in [0.15, 0.2) is 11.1 Å². The maximum absolute atomic E-state index is 11.1. The molecule has 1 saturated carbocycles. The Morgan fingerprint density at radius 3 is 2.41 bits per heavy atom. The molecule has 0 saturated heterocycles. The van der Waals surface area contributed by atoms with Crippen molar-refractivity contribution >= 4 is 0 Å². The van der Waals surface area contributed by atoms with Crippen molar-refractivity contribution in [3.05, 3.63) is 11.1 Å². The highest BCUT2D eigenvalue weighted by Crippen LogP contribution is 2.54. The van der Waals surface area contributed by atoms with E-state index in [1.807, 2.05) is 6.92 Å². The van der Waals surface area contributed by atoms with E-state index >= 15 is 0 Å². The molecule has 0 unspecified atom stereocenters. The van der Waals surface area contributed by atoms with E-state index in [2.05, 4.69) is 13.8 Å². The Labute approximate surface area is 137 Å². The third kappa shape index (κ3) is 3.28. The third-order valence-electron chi connectivity index (χ3n) is 6.18. The van der Waals surface area contributed by atoms with E-state index < -0.39 is 11.7 Å². The van der Waals surface area contributed by atoms with Gasteiger partial charge >= 0.3 is 0 Å². The van der Waals surface area contributed by atoms with Gasteiger partial charge in [0.2, 0.25) is 0 Å². The monoisotopic (exact) mass is 308 g/mol. The molecule has 4 atom stereocenters. The van der Waals surface area contributed by atoms with Crippen molar-refractivity contribution in [1.29, 1.82) is 0 Å². The van der Waals surface area contributed by atoms with Gasteiger partial charge in [0.25, 0.3) is 0 Å². The smallest absolute Gasteiger partial charge is 0.112 e. The summed E-state index contributed by atoms with van der Waals surface area (Å²) >= 11 is 0. The van der Waals surface area contributed by atoms with Crippen molar-refractivity contribution in [3.63, 3.8) is 0 Å². The van der Waals surface area contributed by atoms with Gasteiger partial charge in [0.15, 0.2) is 0 Å². The summed E-state index contributed by atoms with van der Waals surface area (Å²) in [6.07, 6.45) is 12.0. The number of hydrogen-bond acceptors (Lipinski definition) is 2. The lowest BCUT2D eigenvalue weighted by atomic mass is 9.81. The summed E-state index contributed by atoms with van der Waals surface area (Å²) in [7, 11) is 0. The zero-order valence-electron chi connectivity index (χ0n) is 14.9. The van der Waals surface area contributed by atoms with Crippen molar-refractivity contribution in [2.75, 3.05) is 0 Å². The fourth-order valence-corrected chi connectivity index (χ4v) is 4.84. The van der Waals surface area contributed by atoms with E-state index in [0.29, 0.717) is 12.3 Å². The molecule has 2 nitrogen and oxygen atoms in total. The zero-order chi connectivity index (χ0) is 16.2. The molecule has 2 aliphatic rings. The van der Waals surface area contributed by atoms with Gasteiger partial charge < -0.3 is 10.2 Å². The first-order valence-electron chi connectivity index (χ1n) is 9.72. The number of hydrogen-bond donors (Lipinski definition) is 2. The van der Waals surface area contributed by atoms with Gasteiger partial charge in [-0.2, -0.15) is 0 Å². The lowest BCUT2D eigenvalue weighted by molar-refractivity contribution is -0.0661. The predicted octanol–water partition coefficient (Wildman–Crippen LogP) is 4.99. The summed E-state index contributed by atoms with van der Waals surface area (Å²) < 4.78 is 0. The second-order valence-corrected chi connectivity index (χ2v) is 7.50. The minimum Gasteiger partial charge on any atom is -0.389 e. The normalized spacial score (nSPS) is 34.5. The van der Waals surface area contributed by atoms with Gasteiger partial charge in [-0.25, -0.2) is 0 Å². The van der Waals surface area contributed by atoms with Crippen LogP contribution in [-0.2, 0) is 0 Å². The maximum Gasteiger partial charge on any atom is 0.112 e. The molecule has 128 valence electrons. The highest BCUT2D eigenvalue weighted by atomic mass is 16.3. The summed E-state index contributed by atoms with van der Waals surface area (Å²) in [5.74, 6) is 0.842. The molecule has 2 rings (SSSR count). The van der Waals surface area contributed by atoms with Crippen LogP contribution in [-0.4, -0.2) is 21.9 Å². The molecular weight excluding hydrogens is 272 g/mol. The average Bonchev–Trinajstić information content (AvgIpc) is 3.02. The molecule has 0 aromatic carbocycles. The number of unbranched alkanes of at least 4 members (excludes halogenated alkanes) is 4. The van der Waals surface area contributed by atoms with E-state index in [0.717, 1.165) is 19.3 Å². The highest BCUT2D eigenvalue weighted by molar-refractivity contribution is 5.39. The summed E-state index contributed by atoms with van der Waals surface area (Å²) in [5.41, 5.74) is 1.73. The molecular formula is C20H36O2. The van der Waals surface area contributed by atoms with Gasteiger partial charge in [-0.1, -0.05) is 58.4 Å². The number of fused-ring (bicyclic) bond motifs is 1. The van der Waals surface area contributed by atoms with Gasteiger partial charge in [-0.3, -0.25) is 0 Å². The van der Waals surface area contributed by atoms with Crippen molar-refractivity contribution in [2.24, 2.45) is 11.8 Å². The van der Waals surface area contributed by atoms with Gasteiger partial charge in [0.05, 0.1) is 6.10 Å². The minimum absolute atomic E-state index is 0.248. The van der Waals surface area contributed by atoms with Crippen LogP contribution in [0.1, 0.15) is 91.4 Å². The second-order valence-electron chi connectivity index (χ2n) is 7.50. The molecule has 0 bridgehead atoms. The van der Waals surface area contributed by atoms with Crippen LogP contribution >= 0.6 is 0 Å². The molecule has 2 heteroatoms. The highest BCUT2D eigenvalue weighted by Gasteiger charge is 2.54. The molecule has 1 fully saturated rings. The Bertz CT molecular complexity index is 387. The molecule has 0 aliphatic heterocycles. The Morgan fingerprint density at radius 1 is 1.05 bits per heavy atom. The van der Waals surface area contributed by atoms with Crippen molar-refractivity contribution in [1.82, 2.24) is 0 Å². The first kappa shape index (κ1) is 18.0. The number of rotatable bonds is 9. The van der Waals surface area contributed by atoms with Crippen LogP contribution in [0, 0.1) is 11.8 Å². The first-order chi connectivity index (χ1) is 10.6. The SMILES string of the molecule is CCCCCCC1=C2CC[C@@H](CCCC)[C@@H]2[C@H](O)[C@@]1(O)CC. The van der Waals surface area contributed by atoms with E-state index in [1.165, 1.54) is 56.1 Å². The topological polar surface area (TPSA) is 40.5 Å². The molecule has 0 radical (unpaired) electrons. The Morgan fingerprint density at radius 2 is 1.77 bits per heavy atom. The minimum atomic E-state index is -0.933. The number of aliphatic hydroxyl groups excluding tert-OH is 1. The Kier molecular flexibility index (Phi) is 6.52. The molecule has 2 N–H and O–H groups in total. The van der Waals surface area contributed by atoms with Gasteiger partial charge in [-0.15, -0.1) is 0 Å². The van der Waals surface area contributed by atoms with Gasteiger partial charge in [0.1, 0.15) is 5.60 Å². The van der Waals surface area contributed by atoms with E-state index in [4.69, 9.17) is 0 Å². The molecule has 0 amide bonds. The summed E-state index contributed by atoms with van der Waals surface area (Å²) in [6.45, 7) is 6.49. The van der Waals surface area contributed by atoms with Crippen LogP contribution < -0.4 is 0 Å². The van der Waals surface area contributed by atoms with Crippen molar-refractivity contribution < 1.29 is 10.2 Å². The first-order valence-corrected chi connectivity index (χ1v) is 9.72. The fourth-order valence-electron chi connectivity index (χ4n) is 4.84. The third-order valence-corrected chi connectivity index (χ3v) is 6.18. The van der Waals surface area contributed by atoms with Crippen LogP contribution in [0.4, 0.5) is 0 Å². The molecule has 2 aliphatic carbocycles. The Hall–Kier alpha value is -0.340. The molecule has 0 aromatic rings. The van der Waals surface area contributed by atoms with Crippen molar-refractivity contribution in [3.8, 4) is 0 Å². The molecule has 22 heavy (non-hydrogen) atoms. The maximum atomic E-state index is 11.1. The molecule has 0 heterocycles. The van der Waals surface area contributed by atoms with Crippen LogP contribution in [0.2, 0.25) is 0 Å². The van der Waals surface area contributed by atoms with E-state index in [-0.39, 0.29) is 5.92 Å². The summed E-state index contributed by atoms with van der Waals surface area (Å²) in [6, 6.07) is 0. The second kappa shape index (κ2) is 7.97. The van der Waals surface area contributed by atoms with E-state index in [9.17, 15) is 10.2 Å². The lowest BCUT2D eigenvalue weighted by Gasteiger charge is -2.33. The van der Waals surface area contributed by atoms with Gasteiger partial charge in [-0.05, 0) is 50.0 Å². The van der Waals surface area contributed by atoms with Crippen molar-refractivity contribution in [2.45, 2.75) is 103 Å². The van der Waals surface area contributed by atoms with E-state index in [1.54, 1.807) is 0 Å². The van der Waals surface area contributed by atoms with Gasteiger partial charge in [0, 0.05) is 5.92 Å². The van der Waals surface area contributed by atoms with Crippen LogP contribution in [0.25, 0.3) is 0 Å². The van der Waals surface area contributed by atoms with Crippen LogP contribution in [0.5, 0.6) is 0 Å². The average molecular weight is 309 g/mol. The number of aliphatic hydroxyl groups is 2. The quantitative estimate of drug-likeness (QED) is 0.465. The Balaban J connectivity index is 2.13. The fraction of sp³-hybridized carbons (Fsp3) is 0.900. The summed E-state index contributed by atoms with van der Waals surface area (Å²) in [5, 5.41) is 22.0. The summed E-state index contributed by atoms with van der Waals surface area (Å²) in [4.78, 5) is 0.